The second-order valence-electron chi connectivity index (χ2n) is 12.8. The molecule has 48 heavy (non-hydrogen) atoms. The highest BCUT2D eigenvalue weighted by atomic mass is 32.1. The van der Waals surface area contributed by atoms with Gasteiger partial charge in [-0.3, -0.25) is 0 Å². The molecule has 0 atom stereocenters. The van der Waals surface area contributed by atoms with Gasteiger partial charge in [-0.2, -0.15) is 0 Å². The van der Waals surface area contributed by atoms with Gasteiger partial charge < -0.3 is 4.42 Å². The normalized spacial score (nSPS) is 12.2. The van der Waals surface area contributed by atoms with E-state index >= 15 is 0 Å². The fraction of sp³-hybridized carbons (Fsp3) is 0. The largest absolute Gasteiger partial charge is 0.456 e. The molecule has 9 aromatic carbocycles. The molecule has 0 fully saturated rings. The fourth-order valence-electron chi connectivity index (χ4n) is 8.14. The summed E-state index contributed by atoms with van der Waals surface area (Å²) < 4.78 is 9.03. The molecular formula is C46H26OS. The number of hydrogen-bond acceptors (Lipinski definition) is 2. The molecule has 2 heterocycles. The molecule has 0 spiro atoms. The Hall–Kier alpha value is -5.96. The molecule has 11 rings (SSSR count). The van der Waals surface area contributed by atoms with Gasteiger partial charge in [0, 0.05) is 30.9 Å². The summed E-state index contributed by atoms with van der Waals surface area (Å²) in [6.45, 7) is 0. The molecule has 0 amide bonds. The molecular weight excluding hydrogens is 601 g/mol. The number of hydrogen-bond donors (Lipinski definition) is 0. The first kappa shape index (κ1) is 26.1. The first-order valence-electron chi connectivity index (χ1n) is 16.4. The van der Waals surface area contributed by atoms with Crippen LogP contribution in [0.25, 0.3) is 107 Å². The van der Waals surface area contributed by atoms with E-state index in [1.54, 1.807) is 0 Å². The number of furan rings is 1. The molecule has 0 saturated carbocycles. The van der Waals surface area contributed by atoms with E-state index in [0.717, 1.165) is 11.2 Å². The fourth-order valence-corrected chi connectivity index (χ4v) is 9.31. The Morgan fingerprint density at radius 1 is 0.354 bits per heavy atom. The van der Waals surface area contributed by atoms with Crippen LogP contribution in [0.5, 0.6) is 0 Å². The van der Waals surface area contributed by atoms with E-state index in [2.05, 4.69) is 158 Å². The Kier molecular flexibility index (Phi) is 5.32. The monoisotopic (exact) mass is 626 g/mol. The van der Waals surface area contributed by atoms with Crippen molar-refractivity contribution in [2.45, 2.75) is 0 Å². The number of benzene rings is 9. The van der Waals surface area contributed by atoms with Crippen LogP contribution in [-0.4, -0.2) is 0 Å². The first-order valence-corrected chi connectivity index (χ1v) is 17.2. The molecule has 0 aliphatic heterocycles. The third-order valence-electron chi connectivity index (χ3n) is 10.2. The third-order valence-corrected chi connectivity index (χ3v) is 11.3. The van der Waals surface area contributed by atoms with Gasteiger partial charge in [0.2, 0.25) is 0 Å². The summed E-state index contributed by atoms with van der Waals surface area (Å²) in [4.78, 5) is 0. The zero-order valence-electron chi connectivity index (χ0n) is 25.8. The Morgan fingerprint density at radius 3 is 1.71 bits per heavy atom. The predicted octanol–water partition coefficient (Wildman–Crippen LogP) is 13.9. The molecule has 0 aliphatic carbocycles. The number of fused-ring (bicyclic) bond motifs is 11. The van der Waals surface area contributed by atoms with Crippen molar-refractivity contribution in [3.8, 4) is 22.3 Å². The summed E-state index contributed by atoms with van der Waals surface area (Å²) in [5, 5.41) is 15.0. The van der Waals surface area contributed by atoms with Crippen LogP contribution >= 0.6 is 11.3 Å². The SMILES string of the molecule is c1ccc2c(-c3c4ccccc4c(-c4ccc5c(c4)sc4cc6c(cc45)oc4ccc5ccccc5c46)c4ccccc34)cccc2c1. The Balaban J connectivity index is 1.17. The minimum atomic E-state index is 0.943. The summed E-state index contributed by atoms with van der Waals surface area (Å²) in [5.74, 6) is 0. The smallest absolute Gasteiger partial charge is 0.136 e. The highest BCUT2D eigenvalue weighted by Gasteiger charge is 2.19. The minimum Gasteiger partial charge on any atom is -0.456 e. The van der Waals surface area contributed by atoms with Gasteiger partial charge in [0.05, 0.1) is 0 Å². The van der Waals surface area contributed by atoms with Gasteiger partial charge in [-0.1, -0.05) is 133 Å². The summed E-state index contributed by atoms with van der Waals surface area (Å²) in [7, 11) is 0. The molecule has 1 nitrogen and oxygen atoms in total. The lowest BCUT2D eigenvalue weighted by molar-refractivity contribution is 0.670. The van der Waals surface area contributed by atoms with E-state index in [1.807, 2.05) is 11.3 Å². The maximum absolute atomic E-state index is 6.46. The Labute approximate surface area is 279 Å². The van der Waals surface area contributed by atoms with Crippen LogP contribution in [0, 0.1) is 0 Å². The molecule has 0 saturated heterocycles. The molecule has 0 N–H and O–H groups in total. The van der Waals surface area contributed by atoms with Crippen LogP contribution in [-0.2, 0) is 0 Å². The van der Waals surface area contributed by atoms with Gasteiger partial charge in [-0.25, -0.2) is 0 Å². The first-order chi connectivity index (χ1) is 23.8. The van der Waals surface area contributed by atoms with E-state index in [9.17, 15) is 0 Å². The van der Waals surface area contributed by atoms with Gasteiger partial charge in [0.25, 0.3) is 0 Å². The Bertz CT molecular complexity index is 3060. The van der Waals surface area contributed by atoms with E-state index in [0.29, 0.717) is 0 Å². The van der Waals surface area contributed by atoms with Crippen molar-refractivity contribution in [2.75, 3.05) is 0 Å². The van der Waals surface area contributed by atoms with Gasteiger partial charge in [-0.15, -0.1) is 11.3 Å². The lowest BCUT2D eigenvalue weighted by Crippen LogP contribution is -1.91. The van der Waals surface area contributed by atoms with E-state index < -0.39 is 0 Å². The van der Waals surface area contributed by atoms with E-state index in [1.165, 1.54) is 96.3 Å². The van der Waals surface area contributed by atoms with Crippen LogP contribution < -0.4 is 0 Å². The van der Waals surface area contributed by atoms with Gasteiger partial charge in [-0.05, 0) is 89.6 Å². The van der Waals surface area contributed by atoms with Crippen LogP contribution in [0.1, 0.15) is 0 Å². The number of rotatable bonds is 2. The Morgan fingerprint density at radius 2 is 0.958 bits per heavy atom. The lowest BCUT2D eigenvalue weighted by atomic mass is 9.84. The molecule has 0 unspecified atom stereocenters. The third kappa shape index (κ3) is 3.61. The minimum absolute atomic E-state index is 0.943. The van der Waals surface area contributed by atoms with Gasteiger partial charge >= 0.3 is 0 Å². The van der Waals surface area contributed by atoms with Crippen LogP contribution in [0.15, 0.2) is 162 Å². The zero-order valence-corrected chi connectivity index (χ0v) is 26.6. The molecule has 0 aliphatic rings. The lowest BCUT2D eigenvalue weighted by Gasteiger charge is -2.18. The van der Waals surface area contributed by atoms with Crippen molar-refractivity contribution in [3.63, 3.8) is 0 Å². The second kappa shape index (κ2) is 9.78. The molecule has 0 bridgehead atoms. The van der Waals surface area contributed by atoms with Crippen molar-refractivity contribution in [2.24, 2.45) is 0 Å². The average molecular weight is 627 g/mol. The summed E-state index contributed by atoms with van der Waals surface area (Å²) in [6.07, 6.45) is 0. The quantitative estimate of drug-likeness (QED) is 0.174. The van der Waals surface area contributed by atoms with Crippen LogP contribution in [0.2, 0.25) is 0 Å². The zero-order chi connectivity index (χ0) is 31.3. The summed E-state index contributed by atoms with van der Waals surface area (Å²) in [5.41, 5.74) is 6.99. The molecule has 0 radical (unpaired) electrons. The average Bonchev–Trinajstić information content (AvgIpc) is 3.69. The van der Waals surface area contributed by atoms with Crippen molar-refractivity contribution in [3.05, 3.63) is 158 Å². The molecule has 11 aromatic rings. The van der Waals surface area contributed by atoms with Crippen molar-refractivity contribution in [1.82, 2.24) is 0 Å². The predicted molar refractivity (Wildman–Crippen MR) is 208 cm³/mol. The van der Waals surface area contributed by atoms with Crippen molar-refractivity contribution < 1.29 is 4.42 Å². The summed E-state index contributed by atoms with van der Waals surface area (Å²) in [6, 6.07) is 57.8. The van der Waals surface area contributed by atoms with Gasteiger partial charge in [0.15, 0.2) is 0 Å². The maximum atomic E-state index is 6.46. The van der Waals surface area contributed by atoms with Crippen molar-refractivity contribution >= 4 is 96.5 Å². The standard InChI is InChI=1S/C46H26OS/c1-3-13-30-27(10-1)12-9-19-33(30)45-36-17-7-5-15-34(36)44(35-16-6-8-18-37(35)45)29-20-22-32-38-25-41-39(26-43(38)48-42(32)24-29)46-31-14-4-2-11-28(31)21-23-40(46)47-41/h1-26H. The second-order valence-corrected chi connectivity index (χ2v) is 13.9. The molecule has 2 heteroatoms. The molecule has 222 valence electrons. The van der Waals surface area contributed by atoms with Crippen LogP contribution in [0.4, 0.5) is 0 Å². The molecule has 2 aromatic heterocycles. The van der Waals surface area contributed by atoms with Crippen LogP contribution in [0.3, 0.4) is 0 Å². The van der Waals surface area contributed by atoms with Crippen molar-refractivity contribution in [1.29, 1.82) is 0 Å². The van der Waals surface area contributed by atoms with E-state index in [4.69, 9.17) is 4.42 Å². The highest BCUT2D eigenvalue weighted by molar-refractivity contribution is 7.26. The maximum Gasteiger partial charge on any atom is 0.136 e. The topological polar surface area (TPSA) is 13.1 Å². The van der Waals surface area contributed by atoms with Gasteiger partial charge in [0.1, 0.15) is 11.2 Å². The highest BCUT2D eigenvalue weighted by Crippen LogP contribution is 2.47. The number of thiophene rings is 1. The van der Waals surface area contributed by atoms with E-state index in [-0.39, 0.29) is 0 Å². The summed E-state index contributed by atoms with van der Waals surface area (Å²) >= 11 is 1.87.